The molecule has 0 spiro atoms. The Morgan fingerprint density at radius 1 is 0.857 bits per heavy atom. The second-order valence-corrected chi connectivity index (χ2v) is 6.04. The topological polar surface area (TPSA) is 70.0 Å². The highest BCUT2D eigenvalue weighted by molar-refractivity contribution is 6.61. The number of rotatable bonds is 2. The van der Waals surface area contributed by atoms with Gasteiger partial charge in [-0.3, -0.25) is 9.97 Å². The minimum atomic E-state index is -0.497. The smallest absolute Gasteiger partial charge is 0.398 e. The van der Waals surface area contributed by atoms with E-state index in [1.807, 2.05) is 27.7 Å². The molecule has 1 fully saturated rings. The first kappa shape index (κ1) is 14.1. The van der Waals surface area contributed by atoms with Crippen LogP contribution in [0.25, 0.3) is 11.3 Å². The van der Waals surface area contributed by atoms with E-state index in [1.54, 1.807) is 24.8 Å². The van der Waals surface area contributed by atoms with Gasteiger partial charge >= 0.3 is 7.12 Å². The third-order valence-corrected chi connectivity index (χ3v) is 4.02. The van der Waals surface area contributed by atoms with Gasteiger partial charge < -0.3 is 9.31 Å². The molecule has 1 aliphatic heterocycles. The van der Waals surface area contributed by atoms with Crippen LogP contribution in [0.3, 0.4) is 0 Å². The molecule has 7 heteroatoms. The lowest BCUT2D eigenvalue weighted by Gasteiger charge is -2.32. The quantitative estimate of drug-likeness (QED) is 0.773. The van der Waals surface area contributed by atoms with Gasteiger partial charge in [0.05, 0.1) is 28.7 Å². The molecule has 0 amide bonds. The molecule has 0 N–H and O–H groups in total. The highest BCUT2D eigenvalue weighted by Crippen LogP contribution is 2.36. The molecule has 21 heavy (non-hydrogen) atoms. The van der Waals surface area contributed by atoms with Crippen molar-refractivity contribution in [2.75, 3.05) is 0 Å². The number of hydrogen-bond donors (Lipinski definition) is 0. The highest BCUT2D eigenvalue weighted by Gasteiger charge is 2.52. The Morgan fingerprint density at radius 3 is 2.00 bits per heavy atom. The lowest BCUT2D eigenvalue weighted by Crippen LogP contribution is -2.41. The van der Waals surface area contributed by atoms with Gasteiger partial charge in [0.1, 0.15) is 6.33 Å². The fraction of sp³-hybridized carbons (Fsp3) is 0.429. The highest BCUT2D eigenvalue weighted by atomic mass is 16.7. The van der Waals surface area contributed by atoms with E-state index in [0.717, 1.165) is 11.3 Å². The molecule has 108 valence electrons. The van der Waals surface area contributed by atoms with Crippen molar-refractivity contribution in [3.8, 4) is 11.3 Å². The molecule has 0 aliphatic carbocycles. The van der Waals surface area contributed by atoms with Crippen molar-refractivity contribution in [2.45, 2.75) is 38.9 Å². The molecule has 2 aromatic heterocycles. The third-order valence-electron chi connectivity index (χ3n) is 4.02. The van der Waals surface area contributed by atoms with Crippen LogP contribution < -0.4 is 5.59 Å². The molecule has 0 aromatic carbocycles. The van der Waals surface area contributed by atoms with Crippen LogP contribution in [0.15, 0.2) is 31.1 Å². The zero-order valence-corrected chi connectivity index (χ0v) is 12.6. The van der Waals surface area contributed by atoms with Gasteiger partial charge in [-0.05, 0) is 27.7 Å². The minimum Gasteiger partial charge on any atom is -0.398 e. The van der Waals surface area contributed by atoms with Gasteiger partial charge in [-0.1, -0.05) is 0 Å². The summed E-state index contributed by atoms with van der Waals surface area (Å²) in [7, 11) is -0.497. The molecule has 1 saturated heterocycles. The molecular weight excluding hydrogens is 267 g/mol. The lowest BCUT2D eigenvalue weighted by molar-refractivity contribution is 0.00578. The van der Waals surface area contributed by atoms with E-state index in [4.69, 9.17) is 9.31 Å². The van der Waals surface area contributed by atoms with Gasteiger partial charge in [0.2, 0.25) is 0 Å². The van der Waals surface area contributed by atoms with Crippen LogP contribution in [0.5, 0.6) is 0 Å². The first-order valence-electron chi connectivity index (χ1n) is 6.82. The van der Waals surface area contributed by atoms with Gasteiger partial charge in [-0.25, -0.2) is 9.97 Å². The summed E-state index contributed by atoms with van der Waals surface area (Å²) in [5.74, 6) is 0. The standard InChI is InChI=1S/C14H17BN4O2/c1-13(2)14(3,4)21-15(20-13)12-8-18-11(7-19-12)10-5-16-9-17-6-10/h5-9H,1-4H3. The number of nitrogens with zero attached hydrogens (tertiary/aromatic N) is 4. The Bertz CT molecular complexity index is 615. The maximum Gasteiger partial charge on any atom is 0.516 e. The average molecular weight is 284 g/mol. The van der Waals surface area contributed by atoms with Crippen molar-refractivity contribution in [2.24, 2.45) is 0 Å². The third kappa shape index (κ3) is 2.54. The first-order chi connectivity index (χ1) is 9.89. The van der Waals surface area contributed by atoms with Crippen molar-refractivity contribution >= 4 is 12.7 Å². The van der Waals surface area contributed by atoms with Crippen molar-refractivity contribution in [1.82, 2.24) is 19.9 Å². The normalized spacial score (nSPS) is 19.7. The van der Waals surface area contributed by atoms with Crippen LogP contribution in [0.2, 0.25) is 0 Å². The molecule has 3 heterocycles. The molecule has 3 rings (SSSR count). The van der Waals surface area contributed by atoms with Crippen LogP contribution >= 0.6 is 0 Å². The zero-order chi connectivity index (χ0) is 15.1. The van der Waals surface area contributed by atoms with E-state index in [-0.39, 0.29) is 11.2 Å². The van der Waals surface area contributed by atoms with Crippen LogP contribution in [0.4, 0.5) is 0 Å². The minimum absolute atomic E-state index is 0.384. The van der Waals surface area contributed by atoms with Crippen LogP contribution in [-0.2, 0) is 9.31 Å². The summed E-state index contributed by atoms with van der Waals surface area (Å²) >= 11 is 0. The van der Waals surface area contributed by atoms with E-state index >= 15 is 0 Å². The number of hydrogen-bond acceptors (Lipinski definition) is 6. The van der Waals surface area contributed by atoms with E-state index in [2.05, 4.69) is 19.9 Å². The molecular formula is C14H17BN4O2. The van der Waals surface area contributed by atoms with Crippen LogP contribution in [-0.4, -0.2) is 38.3 Å². The fourth-order valence-corrected chi connectivity index (χ4v) is 2.00. The van der Waals surface area contributed by atoms with Gasteiger partial charge in [0.25, 0.3) is 0 Å². The first-order valence-corrected chi connectivity index (χ1v) is 6.82. The molecule has 6 nitrogen and oxygen atoms in total. The predicted octanol–water partition coefficient (Wildman–Crippen LogP) is 1.23. The fourth-order valence-electron chi connectivity index (χ4n) is 2.00. The maximum atomic E-state index is 5.95. The molecule has 1 aliphatic rings. The van der Waals surface area contributed by atoms with E-state index in [1.165, 1.54) is 6.33 Å². The van der Waals surface area contributed by atoms with Crippen molar-refractivity contribution in [3.05, 3.63) is 31.1 Å². The van der Waals surface area contributed by atoms with Crippen molar-refractivity contribution in [3.63, 3.8) is 0 Å². The lowest BCUT2D eigenvalue weighted by atomic mass is 9.85. The Balaban J connectivity index is 1.83. The molecule has 0 saturated carbocycles. The monoisotopic (exact) mass is 284 g/mol. The van der Waals surface area contributed by atoms with Crippen molar-refractivity contribution < 1.29 is 9.31 Å². The predicted molar refractivity (Wildman–Crippen MR) is 78.8 cm³/mol. The van der Waals surface area contributed by atoms with Gasteiger partial charge in [0, 0.05) is 24.2 Å². The molecule has 2 aromatic rings. The van der Waals surface area contributed by atoms with E-state index in [0.29, 0.717) is 5.59 Å². The summed E-state index contributed by atoms with van der Waals surface area (Å²) in [4.78, 5) is 16.7. The number of aromatic nitrogens is 4. The molecule has 0 radical (unpaired) electrons. The Morgan fingerprint density at radius 2 is 1.48 bits per heavy atom. The summed E-state index contributed by atoms with van der Waals surface area (Å²) in [6, 6.07) is 0. The van der Waals surface area contributed by atoms with Crippen molar-refractivity contribution in [1.29, 1.82) is 0 Å². The van der Waals surface area contributed by atoms with Crippen LogP contribution in [0.1, 0.15) is 27.7 Å². The molecule has 0 bridgehead atoms. The van der Waals surface area contributed by atoms with Gasteiger partial charge in [-0.2, -0.15) is 0 Å². The summed E-state index contributed by atoms with van der Waals surface area (Å²) < 4.78 is 11.9. The molecule has 0 unspecified atom stereocenters. The SMILES string of the molecule is CC1(C)OB(c2cnc(-c3cncnc3)cn2)OC1(C)C. The van der Waals surface area contributed by atoms with E-state index < -0.39 is 7.12 Å². The van der Waals surface area contributed by atoms with E-state index in [9.17, 15) is 0 Å². The summed E-state index contributed by atoms with van der Waals surface area (Å²) in [5, 5.41) is 0. The second-order valence-electron chi connectivity index (χ2n) is 6.04. The Kier molecular flexibility index (Phi) is 3.26. The van der Waals surface area contributed by atoms with Crippen LogP contribution in [0, 0.1) is 0 Å². The largest absolute Gasteiger partial charge is 0.516 e. The Hall–Kier alpha value is -1.86. The zero-order valence-electron chi connectivity index (χ0n) is 12.6. The summed E-state index contributed by atoms with van der Waals surface area (Å²) in [6.07, 6.45) is 8.23. The average Bonchev–Trinajstić information content (AvgIpc) is 2.69. The maximum absolute atomic E-state index is 5.95. The van der Waals surface area contributed by atoms with Gasteiger partial charge in [-0.15, -0.1) is 0 Å². The second kappa shape index (κ2) is 4.86. The van der Waals surface area contributed by atoms with Gasteiger partial charge in [0.15, 0.2) is 0 Å². The summed E-state index contributed by atoms with van der Waals surface area (Å²) in [6.45, 7) is 8.04. The molecule has 0 atom stereocenters. The summed E-state index contributed by atoms with van der Waals surface area (Å²) in [5.41, 5.74) is 1.44. The Labute approximate surface area is 124 Å².